The Labute approximate surface area is 239 Å². The molecule has 0 heterocycles. The average Bonchev–Trinajstić information content (AvgIpc) is 2.91. The molecular formula is C27H28Cl2F2N2O7. The van der Waals surface area contributed by atoms with Crippen molar-refractivity contribution in [2.45, 2.75) is 49.3 Å². The summed E-state index contributed by atoms with van der Waals surface area (Å²) in [6, 6.07) is 7.71. The van der Waals surface area contributed by atoms with Gasteiger partial charge in [0.2, 0.25) is 0 Å². The van der Waals surface area contributed by atoms with Crippen LogP contribution in [0.4, 0.5) is 8.78 Å². The van der Waals surface area contributed by atoms with Crippen molar-refractivity contribution in [2.24, 2.45) is 0 Å². The second-order valence-corrected chi connectivity index (χ2v) is 10.7. The molecule has 0 aromatic heterocycles. The number of halogens is 4. The maximum atomic E-state index is 13.7. The number of hydrogen-bond donors (Lipinski definition) is 2. The van der Waals surface area contributed by atoms with Crippen LogP contribution in [-0.2, 0) is 23.9 Å². The number of methoxy groups -OCH3 is 1. The first kappa shape index (κ1) is 29.8. The van der Waals surface area contributed by atoms with Crippen molar-refractivity contribution < 1.29 is 42.1 Å². The molecule has 0 unspecified atom stereocenters. The van der Waals surface area contributed by atoms with Gasteiger partial charge in [0.1, 0.15) is 35.8 Å². The summed E-state index contributed by atoms with van der Waals surface area (Å²) in [7, 11) is 1.36. The zero-order valence-electron chi connectivity index (χ0n) is 21.6. The van der Waals surface area contributed by atoms with Crippen molar-refractivity contribution in [3.63, 3.8) is 0 Å². The van der Waals surface area contributed by atoms with Crippen LogP contribution in [-0.4, -0.2) is 61.9 Å². The Kier molecular flexibility index (Phi) is 9.37. The largest absolute Gasteiger partial charge is 0.484 e. The normalized spacial score (nSPS) is 23.3. The van der Waals surface area contributed by atoms with Gasteiger partial charge in [0.05, 0.1) is 15.6 Å². The smallest absolute Gasteiger partial charge is 0.332 e. The van der Waals surface area contributed by atoms with Crippen molar-refractivity contribution >= 4 is 41.0 Å². The van der Waals surface area contributed by atoms with Gasteiger partial charge in [-0.25, -0.2) is 13.6 Å². The third-order valence-electron chi connectivity index (χ3n) is 7.14. The highest BCUT2D eigenvalue weighted by Gasteiger charge is 2.57. The standard InChI is InChI=1S/C27H28Cl2F2N2O7/c1-37-15-25(36)40-22-12-26(32-23(34)13-38-16-2-4-18(28)20(30)10-16)6-8-27(22,9-7-26)33-24(35)14-39-17-3-5-19(29)21(31)11-17/h2-5,10-11,22H,6-9,12-15H2,1H3,(H,32,34)(H,33,35)/t22-,26?,27?/m0/s1. The molecule has 2 amide bonds. The van der Waals surface area contributed by atoms with E-state index in [1.54, 1.807) is 0 Å². The van der Waals surface area contributed by atoms with E-state index in [1.165, 1.54) is 31.4 Å². The summed E-state index contributed by atoms with van der Waals surface area (Å²) < 4.78 is 48.8. The fourth-order valence-electron chi connectivity index (χ4n) is 5.17. The van der Waals surface area contributed by atoms with Crippen molar-refractivity contribution in [2.75, 3.05) is 26.9 Å². The van der Waals surface area contributed by atoms with E-state index in [2.05, 4.69) is 10.6 Å². The Morgan fingerprint density at radius 2 is 1.38 bits per heavy atom. The number of carbonyl (C=O) groups excluding carboxylic acids is 3. The van der Waals surface area contributed by atoms with Crippen LogP contribution in [0.1, 0.15) is 32.1 Å². The summed E-state index contributed by atoms with van der Waals surface area (Å²) in [4.78, 5) is 38.0. The Hall–Kier alpha value is -3.15. The summed E-state index contributed by atoms with van der Waals surface area (Å²) in [6.07, 6.45) is 1.28. The average molecular weight is 601 g/mol. The molecule has 3 fully saturated rings. The zero-order chi connectivity index (χ0) is 28.9. The lowest BCUT2D eigenvalue weighted by Crippen LogP contribution is -2.71. The van der Waals surface area contributed by atoms with Gasteiger partial charge in [-0.05, 0) is 49.9 Å². The van der Waals surface area contributed by atoms with Crippen LogP contribution in [0, 0.1) is 11.6 Å². The Bertz CT molecular complexity index is 1270. The predicted octanol–water partition coefficient (Wildman–Crippen LogP) is 3.98. The van der Waals surface area contributed by atoms with E-state index in [9.17, 15) is 23.2 Å². The predicted molar refractivity (Wildman–Crippen MR) is 140 cm³/mol. The molecular weight excluding hydrogens is 573 g/mol. The molecule has 13 heteroatoms. The van der Waals surface area contributed by atoms with E-state index in [-0.39, 0.29) is 41.2 Å². The van der Waals surface area contributed by atoms with Gasteiger partial charge in [-0.1, -0.05) is 23.2 Å². The molecule has 2 aromatic carbocycles. The summed E-state index contributed by atoms with van der Waals surface area (Å²) in [5, 5.41) is 5.82. The van der Waals surface area contributed by atoms with E-state index in [4.69, 9.17) is 42.1 Å². The number of rotatable bonds is 11. The molecule has 1 atom stereocenters. The number of hydrogen-bond acceptors (Lipinski definition) is 7. The van der Waals surface area contributed by atoms with Crippen LogP contribution >= 0.6 is 23.2 Å². The maximum Gasteiger partial charge on any atom is 0.332 e. The number of esters is 1. The molecule has 40 heavy (non-hydrogen) atoms. The Balaban J connectivity index is 1.39. The topological polar surface area (TPSA) is 112 Å². The first-order chi connectivity index (χ1) is 19.0. The fraction of sp³-hybridized carbons (Fsp3) is 0.444. The number of ether oxygens (including phenoxy) is 4. The summed E-state index contributed by atoms with van der Waals surface area (Å²) in [5.41, 5.74) is -1.59. The van der Waals surface area contributed by atoms with E-state index >= 15 is 0 Å². The third kappa shape index (κ3) is 7.13. The highest BCUT2D eigenvalue weighted by atomic mass is 35.5. The number of carbonyl (C=O) groups is 3. The van der Waals surface area contributed by atoms with E-state index in [1.807, 2.05) is 0 Å². The molecule has 0 saturated heterocycles. The monoisotopic (exact) mass is 600 g/mol. The lowest BCUT2D eigenvalue weighted by atomic mass is 9.59. The van der Waals surface area contributed by atoms with Crippen LogP contribution in [0.5, 0.6) is 11.5 Å². The highest BCUT2D eigenvalue weighted by Crippen LogP contribution is 2.48. The number of amides is 2. The third-order valence-corrected chi connectivity index (χ3v) is 7.76. The van der Waals surface area contributed by atoms with Gasteiger partial charge in [-0.15, -0.1) is 0 Å². The first-order valence-corrected chi connectivity index (χ1v) is 13.2. The molecule has 2 bridgehead atoms. The Morgan fingerprint density at radius 1 is 0.850 bits per heavy atom. The lowest BCUT2D eigenvalue weighted by molar-refractivity contribution is -0.170. The number of benzene rings is 2. The molecule has 2 aromatic rings. The second kappa shape index (κ2) is 12.6. The quantitative estimate of drug-likeness (QED) is 0.375. The van der Waals surface area contributed by atoms with Gasteiger partial charge in [0, 0.05) is 31.2 Å². The second-order valence-electron chi connectivity index (χ2n) is 9.88. The van der Waals surface area contributed by atoms with Crippen LogP contribution in [0.15, 0.2) is 36.4 Å². The number of nitrogens with one attached hydrogen (secondary N) is 2. The van der Waals surface area contributed by atoms with Crippen LogP contribution in [0.2, 0.25) is 10.0 Å². The molecule has 216 valence electrons. The van der Waals surface area contributed by atoms with Crippen molar-refractivity contribution in [3.8, 4) is 11.5 Å². The van der Waals surface area contributed by atoms with Crippen molar-refractivity contribution in [1.82, 2.24) is 10.6 Å². The molecule has 0 aliphatic heterocycles. The molecule has 3 aliphatic rings. The zero-order valence-corrected chi connectivity index (χ0v) is 23.1. The van der Waals surface area contributed by atoms with Crippen molar-refractivity contribution in [3.05, 3.63) is 58.1 Å². The van der Waals surface area contributed by atoms with Gasteiger partial charge >= 0.3 is 5.97 Å². The van der Waals surface area contributed by atoms with Crippen LogP contribution in [0.3, 0.4) is 0 Å². The molecule has 3 saturated carbocycles. The van der Waals surface area contributed by atoms with E-state index in [0.29, 0.717) is 25.7 Å². The fourth-order valence-corrected chi connectivity index (χ4v) is 5.41. The minimum absolute atomic E-state index is 0.0600. The number of fused-ring (bicyclic) bond motifs is 3. The van der Waals surface area contributed by atoms with Crippen LogP contribution < -0.4 is 20.1 Å². The van der Waals surface area contributed by atoms with Crippen molar-refractivity contribution in [1.29, 1.82) is 0 Å². The van der Waals surface area contributed by atoms with Gasteiger partial charge in [-0.2, -0.15) is 0 Å². The molecule has 0 spiro atoms. The minimum Gasteiger partial charge on any atom is -0.484 e. The summed E-state index contributed by atoms with van der Waals surface area (Å²) >= 11 is 11.4. The first-order valence-electron chi connectivity index (χ1n) is 12.5. The molecule has 5 rings (SSSR count). The lowest BCUT2D eigenvalue weighted by Gasteiger charge is -2.57. The molecule has 9 nitrogen and oxygen atoms in total. The Morgan fingerprint density at radius 3 is 1.88 bits per heavy atom. The van der Waals surface area contributed by atoms with Gasteiger partial charge < -0.3 is 29.6 Å². The van der Waals surface area contributed by atoms with Gasteiger partial charge in [0.15, 0.2) is 13.2 Å². The van der Waals surface area contributed by atoms with E-state index in [0.717, 1.165) is 12.1 Å². The van der Waals surface area contributed by atoms with Crippen LogP contribution in [0.25, 0.3) is 0 Å². The van der Waals surface area contributed by atoms with Gasteiger partial charge in [-0.3, -0.25) is 9.59 Å². The summed E-state index contributed by atoms with van der Waals surface area (Å²) in [5.74, 6) is -2.58. The maximum absolute atomic E-state index is 13.7. The highest BCUT2D eigenvalue weighted by molar-refractivity contribution is 6.31. The molecule has 2 N–H and O–H groups in total. The van der Waals surface area contributed by atoms with Gasteiger partial charge in [0.25, 0.3) is 11.8 Å². The minimum atomic E-state index is -0.890. The van der Waals surface area contributed by atoms with E-state index < -0.39 is 53.2 Å². The summed E-state index contributed by atoms with van der Waals surface area (Å²) in [6.45, 7) is -1.04. The molecule has 0 radical (unpaired) electrons. The SMILES string of the molecule is COCC(=O)O[C@H]1CC2(NC(=O)COc3ccc(Cl)c(F)c3)CCC1(NC(=O)COc1ccc(Cl)c(F)c1)CC2. The molecule has 3 aliphatic carbocycles.